The van der Waals surface area contributed by atoms with Crippen LogP contribution in [-0.2, 0) is 11.2 Å². The summed E-state index contributed by atoms with van der Waals surface area (Å²) in [5, 5.41) is 12.3. The zero-order valence-corrected chi connectivity index (χ0v) is 15.1. The van der Waals surface area contributed by atoms with Crippen LogP contribution in [0.1, 0.15) is 17.7 Å². The number of rotatable bonds is 6. The van der Waals surface area contributed by atoms with Crippen LogP contribution in [0, 0.1) is 11.3 Å². The molecule has 3 rings (SSSR count). The number of halogens is 1. The van der Waals surface area contributed by atoms with Crippen molar-refractivity contribution in [3.8, 4) is 17.6 Å². The normalized spacial score (nSPS) is 10.1. The third-order valence-corrected chi connectivity index (χ3v) is 4.03. The van der Waals surface area contributed by atoms with E-state index >= 15 is 0 Å². The third-order valence-electron chi connectivity index (χ3n) is 3.77. The summed E-state index contributed by atoms with van der Waals surface area (Å²) in [6.07, 6.45) is 2.52. The van der Waals surface area contributed by atoms with Gasteiger partial charge >= 0.3 is 0 Å². The van der Waals surface area contributed by atoms with Gasteiger partial charge in [-0.05, 0) is 54.4 Å². The Balaban J connectivity index is 1.52. The summed E-state index contributed by atoms with van der Waals surface area (Å²) in [7, 11) is 0. The number of nitrogens with one attached hydrogen (secondary N) is 1. The second-order valence-electron chi connectivity index (χ2n) is 5.79. The van der Waals surface area contributed by atoms with E-state index < -0.39 is 0 Å². The van der Waals surface area contributed by atoms with Crippen molar-refractivity contribution in [1.82, 2.24) is 4.98 Å². The molecule has 0 radical (unpaired) electrons. The fraction of sp³-hybridized carbons (Fsp3) is 0.0952. The second-order valence-corrected chi connectivity index (χ2v) is 6.23. The monoisotopic (exact) mass is 377 g/mol. The molecule has 0 aliphatic heterocycles. The van der Waals surface area contributed by atoms with Crippen molar-refractivity contribution in [2.24, 2.45) is 0 Å². The Labute approximate surface area is 162 Å². The lowest BCUT2D eigenvalue weighted by atomic mass is 10.1. The molecule has 0 saturated heterocycles. The molecule has 0 bridgehead atoms. The number of aromatic nitrogens is 1. The summed E-state index contributed by atoms with van der Waals surface area (Å²) in [5.41, 5.74) is 2.05. The molecule has 0 aliphatic rings. The van der Waals surface area contributed by atoms with E-state index in [9.17, 15) is 4.79 Å². The van der Waals surface area contributed by atoms with Crippen molar-refractivity contribution in [3.05, 3.63) is 83.1 Å². The maximum Gasteiger partial charge on any atom is 0.224 e. The number of hydrogen-bond acceptors (Lipinski definition) is 4. The zero-order valence-electron chi connectivity index (χ0n) is 14.4. The number of pyridine rings is 1. The van der Waals surface area contributed by atoms with Gasteiger partial charge in [-0.25, -0.2) is 4.98 Å². The minimum Gasteiger partial charge on any atom is -0.457 e. The maximum atomic E-state index is 12.0. The van der Waals surface area contributed by atoms with E-state index in [1.54, 1.807) is 36.4 Å². The van der Waals surface area contributed by atoms with E-state index in [1.807, 2.05) is 30.3 Å². The van der Waals surface area contributed by atoms with Crippen molar-refractivity contribution in [3.63, 3.8) is 0 Å². The Bertz CT molecular complexity index is 964. The highest BCUT2D eigenvalue weighted by molar-refractivity contribution is 6.30. The van der Waals surface area contributed by atoms with Crippen LogP contribution in [0.5, 0.6) is 11.5 Å². The van der Waals surface area contributed by atoms with Crippen LogP contribution >= 0.6 is 11.6 Å². The average Bonchev–Trinajstić information content (AvgIpc) is 2.69. The van der Waals surface area contributed by atoms with Crippen LogP contribution in [0.3, 0.4) is 0 Å². The van der Waals surface area contributed by atoms with E-state index in [-0.39, 0.29) is 5.91 Å². The molecule has 0 unspecified atom stereocenters. The molecule has 3 aromatic rings. The van der Waals surface area contributed by atoms with Crippen LogP contribution in [0.4, 0.5) is 5.69 Å². The molecule has 1 amide bonds. The standard InChI is InChI=1S/C21H16ClN3O2/c22-16-4-6-17(7-5-16)25-21(26)10-3-15-1-8-19(9-2-15)27-20-11-12-24-18(13-20)14-23/h1-2,4-9,11-13H,3,10H2,(H,25,26). The van der Waals surface area contributed by atoms with Gasteiger partial charge in [0.25, 0.3) is 0 Å². The van der Waals surface area contributed by atoms with Gasteiger partial charge in [-0.3, -0.25) is 4.79 Å². The molecule has 0 fully saturated rings. The van der Waals surface area contributed by atoms with Gasteiger partial charge in [-0.2, -0.15) is 5.26 Å². The quantitative estimate of drug-likeness (QED) is 0.658. The van der Waals surface area contributed by atoms with Gasteiger partial charge in [0.15, 0.2) is 0 Å². The van der Waals surface area contributed by atoms with Crippen molar-refractivity contribution < 1.29 is 9.53 Å². The van der Waals surface area contributed by atoms with Gasteiger partial charge in [-0.15, -0.1) is 0 Å². The Morgan fingerprint density at radius 2 is 1.81 bits per heavy atom. The molecule has 0 spiro atoms. The van der Waals surface area contributed by atoms with E-state index in [1.165, 1.54) is 6.20 Å². The van der Waals surface area contributed by atoms with E-state index in [2.05, 4.69) is 10.3 Å². The number of hydrogen-bond donors (Lipinski definition) is 1. The predicted molar refractivity (Wildman–Crippen MR) is 104 cm³/mol. The summed E-state index contributed by atoms with van der Waals surface area (Å²) >= 11 is 5.83. The van der Waals surface area contributed by atoms with Gasteiger partial charge in [-0.1, -0.05) is 23.7 Å². The van der Waals surface area contributed by atoms with Gasteiger partial charge in [0, 0.05) is 29.4 Å². The first-order chi connectivity index (χ1) is 13.1. The van der Waals surface area contributed by atoms with Crippen molar-refractivity contribution in [2.45, 2.75) is 12.8 Å². The number of anilines is 1. The Morgan fingerprint density at radius 3 is 2.52 bits per heavy atom. The van der Waals surface area contributed by atoms with Gasteiger partial charge in [0.05, 0.1) is 0 Å². The van der Waals surface area contributed by atoms with E-state index in [0.717, 1.165) is 11.3 Å². The molecule has 27 heavy (non-hydrogen) atoms. The zero-order chi connectivity index (χ0) is 19.1. The minimum atomic E-state index is -0.0570. The largest absolute Gasteiger partial charge is 0.457 e. The highest BCUT2D eigenvalue weighted by Gasteiger charge is 2.05. The van der Waals surface area contributed by atoms with Crippen LogP contribution in [0.2, 0.25) is 5.02 Å². The topological polar surface area (TPSA) is 75.0 Å². The van der Waals surface area contributed by atoms with Crippen LogP contribution in [0.15, 0.2) is 66.9 Å². The molecule has 2 aromatic carbocycles. The number of nitriles is 1. The first-order valence-electron chi connectivity index (χ1n) is 8.31. The highest BCUT2D eigenvalue weighted by atomic mass is 35.5. The number of nitrogens with zero attached hydrogens (tertiary/aromatic N) is 2. The number of carbonyl (C=O) groups is 1. The number of carbonyl (C=O) groups excluding carboxylic acids is 1. The smallest absolute Gasteiger partial charge is 0.224 e. The molecular formula is C21H16ClN3O2. The number of ether oxygens (including phenoxy) is 1. The van der Waals surface area contributed by atoms with Crippen LogP contribution < -0.4 is 10.1 Å². The summed E-state index contributed by atoms with van der Waals surface area (Å²) in [5.74, 6) is 1.15. The Kier molecular flexibility index (Phi) is 6.03. The highest BCUT2D eigenvalue weighted by Crippen LogP contribution is 2.22. The lowest BCUT2D eigenvalue weighted by Crippen LogP contribution is -2.12. The molecule has 134 valence electrons. The fourth-order valence-corrected chi connectivity index (χ4v) is 2.54. The minimum absolute atomic E-state index is 0.0570. The molecule has 0 atom stereocenters. The van der Waals surface area contributed by atoms with Gasteiger partial charge < -0.3 is 10.1 Å². The Hall–Kier alpha value is -3.36. The molecular weight excluding hydrogens is 362 g/mol. The lowest BCUT2D eigenvalue weighted by molar-refractivity contribution is -0.116. The molecule has 0 aliphatic carbocycles. The van der Waals surface area contributed by atoms with E-state index in [4.69, 9.17) is 21.6 Å². The summed E-state index contributed by atoms with van der Waals surface area (Å²) in [4.78, 5) is 15.9. The first kappa shape index (κ1) is 18.4. The van der Waals surface area contributed by atoms with Crippen molar-refractivity contribution in [1.29, 1.82) is 5.26 Å². The van der Waals surface area contributed by atoms with Gasteiger partial charge in [0.2, 0.25) is 5.91 Å². The molecule has 6 heteroatoms. The second kappa shape index (κ2) is 8.84. The van der Waals surface area contributed by atoms with Gasteiger partial charge in [0.1, 0.15) is 23.3 Å². The first-order valence-corrected chi connectivity index (χ1v) is 8.68. The fourth-order valence-electron chi connectivity index (χ4n) is 2.41. The number of benzene rings is 2. The van der Waals surface area contributed by atoms with Crippen LogP contribution in [-0.4, -0.2) is 10.9 Å². The molecule has 5 nitrogen and oxygen atoms in total. The third kappa shape index (κ3) is 5.56. The molecule has 1 heterocycles. The van der Waals surface area contributed by atoms with Crippen molar-refractivity contribution >= 4 is 23.2 Å². The molecule has 0 saturated carbocycles. The molecule has 1 aromatic heterocycles. The Morgan fingerprint density at radius 1 is 1.07 bits per heavy atom. The SMILES string of the molecule is N#Cc1cc(Oc2ccc(CCC(=O)Nc3ccc(Cl)cc3)cc2)ccn1. The van der Waals surface area contributed by atoms with Crippen molar-refractivity contribution in [2.75, 3.05) is 5.32 Å². The average molecular weight is 378 g/mol. The lowest BCUT2D eigenvalue weighted by Gasteiger charge is -2.08. The molecule has 1 N–H and O–H groups in total. The summed E-state index contributed by atoms with van der Waals surface area (Å²) in [6, 6.07) is 19.7. The summed E-state index contributed by atoms with van der Waals surface area (Å²) < 4.78 is 5.71. The van der Waals surface area contributed by atoms with E-state index in [0.29, 0.717) is 35.1 Å². The summed E-state index contributed by atoms with van der Waals surface area (Å²) in [6.45, 7) is 0. The number of amides is 1. The maximum absolute atomic E-state index is 12.0. The number of aryl methyl sites for hydroxylation is 1. The van der Waals surface area contributed by atoms with Crippen LogP contribution in [0.25, 0.3) is 0 Å². The predicted octanol–water partition coefficient (Wildman–Crippen LogP) is 4.97.